The van der Waals surface area contributed by atoms with Gasteiger partial charge in [0.2, 0.25) is 0 Å². The van der Waals surface area contributed by atoms with E-state index in [0.717, 1.165) is 0 Å². The topological polar surface area (TPSA) is 99.9 Å². The Morgan fingerprint density at radius 1 is 1.20 bits per heavy atom. The van der Waals surface area contributed by atoms with Gasteiger partial charge in [-0.25, -0.2) is 9.59 Å². The van der Waals surface area contributed by atoms with E-state index in [1.807, 2.05) is 0 Å². The third-order valence-electron chi connectivity index (χ3n) is 4.27. The van der Waals surface area contributed by atoms with Crippen LogP contribution in [-0.2, 0) is 23.8 Å². The predicted molar refractivity (Wildman–Crippen MR) is 106 cm³/mol. The summed E-state index contributed by atoms with van der Waals surface area (Å²) in [7, 11) is 1.29. The van der Waals surface area contributed by atoms with E-state index < -0.39 is 17.9 Å². The maximum absolute atomic E-state index is 12.9. The van der Waals surface area contributed by atoms with Gasteiger partial charge < -0.3 is 37.7 Å². The average molecular weight is 467 g/mol. The van der Waals surface area contributed by atoms with Crippen LogP contribution in [0.4, 0.5) is 0 Å². The van der Waals surface area contributed by atoms with Crippen LogP contribution in [0.15, 0.2) is 46.8 Å². The Bertz CT molecular complexity index is 814. The third kappa shape index (κ3) is 6.72. The van der Waals surface area contributed by atoms with Gasteiger partial charge in [-0.3, -0.25) is 0 Å². The Balaban J connectivity index is 0.00000420. The van der Waals surface area contributed by atoms with Crippen LogP contribution in [0.25, 0.3) is 0 Å². The number of hydrogen-bond acceptors (Lipinski definition) is 7. The molecule has 1 atom stereocenters. The minimum atomic E-state index is -0.752. The first kappa shape index (κ1) is 28.9. The van der Waals surface area contributed by atoms with E-state index in [1.165, 1.54) is 7.11 Å². The summed E-state index contributed by atoms with van der Waals surface area (Å²) < 4.78 is 15.8. The summed E-state index contributed by atoms with van der Waals surface area (Å²) in [6, 6.07) is 7.05. The molecule has 3 N–H and O–H groups in total. The van der Waals surface area contributed by atoms with Crippen molar-refractivity contribution >= 4 is 23.5 Å². The van der Waals surface area contributed by atoms with Gasteiger partial charge in [-0.15, -0.1) is 0 Å². The van der Waals surface area contributed by atoms with Crippen molar-refractivity contribution in [2.45, 2.75) is 19.8 Å². The molecule has 0 saturated heterocycles. The van der Waals surface area contributed by atoms with Crippen LogP contribution in [0.3, 0.4) is 0 Å². The fraction of sp³-hybridized carbons (Fsp3) is 0.400. The average Bonchev–Trinajstić information content (AvgIpc) is 2.67. The Labute approximate surface area is 210 Å². The van der Waals surface area contributed by atoms with Crippen LogP contribution >= 0.6 is 11.6 Å². The molecule has 1 aromatic rings. The van der Waals surface area contributed by atoms with E-state index in [1.54, 1.807) is 38.1 Å². The standard InChI is InChI=1S/C20H25ClN2O5.ClH.Na/c1-4-28-20(25)18-15(11-27-10-9-22)23-12(2)16(19(24)26-3)17(18)13-7-5-6-8-14(13)21;;/h5-8,17,23H,4,9-11,22H2,1-3H3;1H;/q;;+1/p-1. The zero-order valence-corrected chi connectivity index (χ0v) is 21.1. The van der Waals surface area contributed by atoms with Gasteiger partial charge in [-0.1, -0.05) is 29.8 Å². The molecular weight excluding hydrogens is 442 g/mol. The van der Waals surface area contributed by atoms with Gasteiger partial charge in [0.05, 0.1) is 49.7 Å². The number of nitrogens with two attached hydrogens (primary N) is 1. The van der Waals surface area contributed by atoms with Crippen LogP contribution in [0.5, 0.6) is 0 Å². The van der Waals surface area contributed by atoms with E-state index in [2.05, 4.69) is 5.32 Å². The Kier molecular flexibility index (Phi) is 13.6. The van der Waals surface area contributed by atoms with Gasteiger partial charge in [0.1, 0.15) is 0 Å². The van der Waals surface area contributed by atoms with Gasteiger partial charge in [-0.05, 0) is 25.5 Å². The number of nitrogens with one attached hydrogen (secondary N) is 1. The molecule has 2 rings (SSSR count). The molecule has 1 unspecified atom stereocenters. The minimum Gasteiger partial charge on any atom is -1.00 e. The summed E-state index contributed by atoms with van der Waals surface area (Å²) in [6.45, 7) is 4.42. The van der Waals surface area contributed by atoms with Gasteiger partial charge in [-0.2, -0.15) is 0 Å². The van der Waals surface area contributed by atoms with E-state index in [4.69, 9.17) is 31.5 Å². The van der Waals surface area contributed by atoms with Gasteiger partial charge in [0, 0.05) is 17.3 Å². The number of rotatable bonds is 8. The number of methoxy groups -OCH3 is 1. The van der Waals surface area contributed by atoms with Crippen molar-refractivity contribution in [2.75, 3.05) is 33.5 Å². The second kappa shape index (κ2) is 14.1. The van der Waals surface area contributed by atoms with Crippen molar-refractivity contribution < 1.29 is 65.8 Å². The SMILES string of the molecule is CCOC(=O)C1=C(COCCN)NC(C)=C(C(=O)OC)C1c1ccccc1Cl.[Cl-].[Na+]. The molecule has 160 valence electrons. The molecule has 1 heterocycles. The molecule has 1 aliphatic rings. The number of hydrogen-bond donors (Lipinski definition) is 2. The fourth-order valence-corrected chi connectivity index (χ4v) is 3.36. The summed E-state index contributed by atoms with van der Waals surface area (Å²) >= 11 is 6.42. The first-order valence-corrected chi connectivity index (χ1v) is 9.32. The van der Waals surface area contributed by atoms with Crippen LogP contribution in [0.2, 0.25) is 5.02 Å². The molecule has 0 fully saturated rings. The maximum Gasteiger partial charge on any atom is 1.00 e. The zero-order chi connectivity index (χ0) is 20.7. The Morgan fingerprint density at radius 2 is 1.87 bits per heavy atom. The van der Waals surface area contributed by atoms with Crippen LogP contribution < -0.4 is 53.0 Å². The second-order valence-corrected chi connectivity index (χ2v) is 6.47. The van der Waals surface area contributed by atoms with Gasteiger partial charge >= 0.3 is 41.5 Å². The van der Waals surface area contributed by atoms with E-state index in [9.17, 15) is 9.59 Å². The number of ether oxygens (including phenoxy) is 3. The number of allylic oxidation sites excluding steroid dienone is 1. The molecule has 1 aromatic carbocycles. The van der Waals surface area contributed by atoms with Gasteiger partial charge in [0.25, 0.3) is 0 Å². The molecule has 30 heavy (non-hydrogen) atoms. The molecule has 0 radical (unpaired) electrons. The number of carbonyl (C=O) groups excluding carboxylic acids is 2. The molecule has 0 spiro atoms. The molecular formula is C20H25Cl2N2NaO5. The smallest absolute Gasteiger partial charge is 1.00 e. The van der Waals surface area contributed by atoms with E-state index in [-0.39, 0.29) is 60.8 Å². The third-order valence-corrected chi connectivity index (χ3v) is 4.61. The molecule has 0 aromatic heterocycles. The second-order valence-electron chi connectivity index (χ2n) is 6.06. The number of halogens is 2. The minimum absolute atomic E-state index is 0. The van der Waals surface area contributed by atoms with Crippen LogP contribution in [-0.4, -0.2) is 45.4 Å². The molecule has 0 saturated carbocycles. The summed E-state index contributed by atoms with van der Waals surface area (Å²) in [5.41, 5.74) is 7.70. The Morgan fingerprint density at radius 3 is 2.43 bits per heavy atom. The number of benzene rings is 1. The van der Waals surface area contributed by atoms with Gasteiger partial charge in [0.15, 0.2) is 0 Å². The first-order chi connectivity index (χ1) is 13.5. The normalized spacial score (nSPS) is 15.6. The molecule has 7 nitrogen and oxygen atoms in total. The summed E-state index contributed by atoms with van der Waals surface area (Å²) in [6.07, 6.45) is 0. The maximum atomic E-state index is 12.9. The molecule has 0 bridgehead atoms. The number of esters is 2. The zero-order valence-electron chi connectivity index (χ0n) is 17.6. The Hall–Kier alpha value is -1.06. The largest absolute Gasteiger partial charge is 1.00 e. The predicted octanol–water partition coefficient (Wildman–Crippen LogP) is -3.73. The van der Waals surface area contributed by atoms with Crippen molar-refractivity contribution in [1.29, 1.82) is 0 Å². The first-order valence-electron chi connectivity index (χ1n) is 8.94. The van der Waals surface area contributed by atoms with Crippen molar-refractivity contribution in [3.8, 4) is 0 Å². The van der Waals surface area contributed by atoms with E-state index in [0.29, 0.717) is 40.7 Å². The monoisotopic (exact) mass is 466 g/mol. The van der Waals surface area contributed by atoms with Crippen molar-refractivity contribution in [3.63, 3.8) is 0 Å². The fourth-order valence-electron chi connectivity index (χ4n) is 3.12. The summed E-state index contributed by atoms with van der Waals surface area (Å²) in [4.78, 5) is 25.5. The van der Waals surface area contributed by atoms with Crippen LogP contribution in [0, 0.1) is 0 Å². The molecule has 0 aliphatic carbocycles. The number of carbonyl (C=O) groups is 2. The quantitative estimate of drug-likeness (QED) is 0.231. The summed E-state index contributed by atoms with van der Waals surface area (Å²) in [5, 5.41) is 3.52. The van der Waals surface area contributed by atoms with Crippen LogP contribution in [0.1, 0.15) is 25.3 Å². The van der Waals surface area contributed by atoms with Crippen molar-refractivity contribution in [3.05, 3.63) is 57.4 Å². The molecule has 10 heteroatoms. The van der Waals surface area contributed by atoms with Crippen molar-refractivity contribution in [2.24, 2.45) is 5.73 Å². The molecule has 1 aliphatic heterocycles. The molecule has 0 amide bonds. The van der Waals surface area contributed by atoms with Crippen molar-refractivity contribution in [1.82, 2.24) is 5.32 Å². The summed E-state index contributed by atoms with van der Waals surface area (Å²) in [5.74, 6) is -1.86. The number of dihydropyridines is 1. The van der Waals surface area contributed by atoms with E-state index >= 15 is 0 Å².